The summed E-state index contributed by atoms with van der Waals surface area (Å²) >= 11 is 0. The van der Waals surface area contributed by atoms with Crippen molar-refractivity contribution in [1.29, 1.82) is 0 Å². The summed E-state index contributed by atoms with van der Waals surface area (Å²) < 4.78 is 11.0. The number of anilines is 1. The molecule has 0 aliphatic rings. The molecule has 0 aliphatic carbocycles. The van der Waals surface area contributed by atoms with E-state index in [4.69, 9.17) is 9.47 Å². The maximum Gasteiger partial charge on any atom is 0.264 e. The molecule has 0 fully saturated rings. The number of amides is 1. The third-order valence-corrected chi connectivity index (χ3v) is 4.60. The number of likely N-dealkylation sites (N-methyl/N-ethyl adjacent to an activating group) is 1. The zero-order valence-electron chi connectivity index (χ0n) is 16.3. The first kappa shape index (κ1) is 19.4. The molecule has 5 heteroatoms. The molecule has 0 saturated heterocycles. The number of ether oxygens (including phenoxy) is 2. The molecular formula is C23H23NO4. The Bertz CT molecular complexity index is 1010. The fourth-order valence-electron chi connectivity index (χ4n) is 3.15. The van der Waals surface area contributed by atoms with Crippen LogP contribution in [0.5, 0.6) is 11.5 Å². The summed E-state index contributed by atoms with van der Waals surface area (Å²) in [5.74, 6) is 0.633. The van der Waals surface area contributed by atoms with Crippen LogP contribution in [-0.4, -0.2) is 32.0 Å². The number of fused-ring (bicyclic) bond motifs is 1. The maximum atomic E-state index is 12.9. The standard InChI is InChI=1S/C23H23NO4/c1-4-24(20-11-7-9-17-8-5-6-10-19(17)20)23(26)15-28-21-13-12-18(16(2)25)14-22(21)27-3/h5-14H,4,15H2,1-3H3. The van der Waals surface area contributed by atoms with Crippen molar-refractivity contribution in [3.05, 3.63) is 66.2 Å². The van der Waals surface area contributed by atoms with Gasteiger partial charge in [-0.2, -0.15) is 0 Å². The lowest BCUT2D eigenvalue weighted by Gasteiger charge is -2.23. The van der Waals surface area contributed by atoms with Crippen LogP contribution in [0, 0.1) is 0 Å². The Labute approximate surface area is 164 Å². The van der Waals surface area contributed by atoms with Crippen LogP contribution in [0.1, 0.15) is 24.2 Å². The molecule has 0 spiro atoms. The van der Waals surface area contributed by atoms with Crippen molar-refractivity contribution in [2.45, 2.75) is 13.8 Å². The van der Waals surface area contributed by atoms with E-state index in [0.717, 1.165) is 16.5 Å². The van der Waals surface area contributed by atoms with Gasteiger partial charge in [0.15, 0.2) is 23.9 Å². The van der Waals surface area contributed by atoms with E-state index in [9.17, 15) is 9.59 Å². The van der Waals surface area contributed by atoms with Crippen LogP contribution in [0.3, 0.4) is 0 Å². The number of Topliss-reactive ketones (excluding diaryl/α,β-unsaturated/α-hetero) is 1. The van der Waals surface area contributed by atoms with E-state index >= 15 is 0 Å². The van der Waals surface area contributed by atoms with E-state index in [1.807, 2.05) is 49.4 Å². The molecule has 0 aliphatic heterocycles. The second kappa shape index (κ2) is 8.57. The molecule has 5 nitrogen and oxygen atoms in total. The molecule has 3 aromatic carbocycles. The molecule has 1 amide bonds. The second-order valence-corrected chi connectivity index (χ2v) is 6.35. The number of rotatable bonds is 7. The average Bonchev–Trinajstić information content (AvgIpc) is 2.72. The molecule has 28 heavy (non-hydrogen) atoms. The van der Waals surface area contributed by atoms with Crippen molar-refractivity contribution >= 4 is 28.2 Å². The van der Waals surface area contributed by atoms with Gasteiger partial charge in [0.25, 0.3) is 5.91 Å². The predicted molar refractivity (Wildman–Crippen MR) is 110 cm³/mol. The van der Waals surface area contributed by atoms with E-state index in [1.165, 1.54) is 14.0 Å². The van der Waals surface area contributed by atoms with Crippen LogP contribution in [0.15, 0.2) is 60.7 Å². The van der Waals surface area contributed by atoms with Crippen molar-refractivity contribution in [3.8, 4) is 11.5 Å². The monoisotopic (exact) mass is 377 g/mol. The Kier molecular flexibility index (Phi) is 5.94. The van der Waals surface area contributed by atoms with Crippen molar-refractivity contribution in [3.63, 3.8) is 0 Å². The summed E-state index contributed by atoms with van der Waals surface area (Å²) in [5.41, 5.74) is 1.38. The highest BCUT2D eigenvalue weighted by Crippen LogP contribution is 2.29. The third kappa shape index (κ3) is 3.98. The normalized spacial score (nSPS) is 10.5. The Balaban J connectivity index is 1.81. The van der Waals surface area contributed by atoms with Gasteiger partial charge in [0.2, 0.25) is 0 Å². The number of carbonyl (C=O) groups is 2. The average molecular weight is 377 g/mol. The number of nitrogens with zero attached hydrogens (tertiary/aromatic N) is 1. The van der Waals surface area contributed by atoms with Gasteiger partial charge in [0.1, 0.15) is 0 Å². The van der Waals surface area contributed by atoms with Crippen molar-refractivity contribution in [1.82, 2.24) is 0 Å². The van der Waals surface area contributed by atoms with E-state index in [2.05, 4.69) is 0 Å². The summed E-state index contributed by atoms with van der Waals surface area (Å²) in [6, 6.07) is 18.8. The van der Waals surface area contributed by atoms with Gasteiger partial charge in [-0.15, -0.1) is 0 Å². The zero-order chi connectivity index (χ0) is 20.1. The topological polar surface area (TPSA) is 55.8 Å². The van der Waals surface area contributed by atoms with Gasteiger partial charge in [0, 0.05) is 17.5 Å². The van der Waals surface area contributed by atoms with Crippen LogP contribution in [0.4, 0.5) is 5.69 Å². The Morgan fingerprint density at radius 1 is 0.964 bits per heavy atom. The number of benzene rings is 3. The molecule has 0 bridgehead atoms. The zero-order valence-corrected chi connectivity index (χ0v) is 16.3. The molecule has 144 valence electrons. The Morgan fingerprint density at radius 3 is 2.43 bits per heavy atom. The first-order valence-electron chi connectivity index (χ1n) is 9.15. The minimum atomic E-state index is -0.156. The maximum absolute atomic E-state index is 12.9. The molecule has 0 N–H and O–H groups in total. The van der Waals surface area contributed by atoms with Crippen molar-refractivity contribution in [2.75, 3.05) is 25.2 Å². The number of methoxy groups -OCH3 is 1. The molecule has 3 aromatic rings. The lowest BCUT2D eigenvalue weighted by atomic mass is 10.1. The van der Waals surface area contributed by atoms with Gasteiger partial charge in [-0.05, 0) is 43.5 Å². The van der Waals surface area contributed by atoms with E-state index in [1.54, 1.807) is 23.1 Å². The first-order chi connectivity index (χ1) is 13.5. The first-order valence-corrected chi connectivity index (χ1v) is 9.15. The van der Waals surface area contributed by atoms with E-state index in [-0.39, 0.29) is 18.3 Å². The summed E-state index contributed by atoms with van der Waals surface area (Å²) in [6.07, 6.45) is 0. The summed E-state index contributed by atoms with van der Waals surface area (Å²) in [6.45, 7) is 3.81. The minimum absolute atomic E-state index is 0.0611. The number of carbonyl (C=O) groups excluding carboxylic acids is 2. The Morgan fingerprint density at radius 2 is 1.71 bits per heavy atom. The van der Waals surface area contributed by atoms with Crippen LogP contribution in [0.2, 0.25) is 0 Å². The van der Waals surface area contributed by atoms with Gasteiger partial charge in [-0.3, -0.25) is 9.59 Å². The second-order valence-electron chi connectivity index (χ2n) is 6.35. The smallest absolute Gasteiger partial charge is 0.264 e. The Hall–Kier alpha value is -3.34. The van der Waals surface area contributed by atoms with Crippen LogP contribution in [0.25, 0.3) is 10.8 Å². The van der Waals surface area contributed by atoms with Crippen LogP contribution >= 0.6 is 0 Å². The van der Waals surface area contributed by atoms with Gasteiger partial charge in [-0.25, -0.2) is 0 Å². The highest BCUT2D eigenvalue weighted by atomic mass is 16.5. The summed E-state index contributed by atoms with van der Waals surface area (Å²) in [7, 11) is 1.50. The molecule has 0 atom stereocenters. The van der Waals surface area contributed by atoms with Crippen molar-refractivity contribution in [2.24, 2.45) is 0 Å². The van der Waals surface area contributed by atoms with Crippen molar-refractivity contribution < 1.29 is 19.1 Å². The number of hydrogen-bond donors (Lipinski definition) is 0. The predicted octanol–water partition coefficient (Wildman–Crippen LogP) is 4.48. The quantitative estimate of drug-likeness (QED) is 0.570. The summed E-state index contributed by atoms with van der Waals surface area (Å²) in [5, 5.41) is 2.09. The molecular weight excluding hydrogens is 354 g/mol. The highest BCUT2D eigenvalue weighted by molar-refractivity contribution is 6.04. The third-order valence-electron chi connectivity index (χ3n) is 4.60. The van der Waals surface area contributed by atoms with E-state index in [0.29, 0.717) is 23.6 Å². The lowest BCUT2D eigenvalue weighted by Crippen LogP contribution is -2.35. The minimum Gasteiger partial charge on any atom is -0.493 e. The SMILES string of the molecule is CCN(C(=O)COc1ccc(C(C)=O)cc1OC)c1cccc2ccccc12. The molecule has 3 rings (SSSR count). The molecule has 0 unspecified atom stereocenters. The van der Waals surface area contributed by atoms with Crippen LogP contribution < -0.4 is 14.4 Å². The fourth-order valence-corrected chi connectivity index (χ4v) is 3.15. The molecule has 0 aromatic heterocycles. The summed E-state index contributed by atoms with van der Waals surface area (Å²) in [4.78, 5) is 26.1. The number of ketones is 1. The largest absolute Gasteiger partial charge is 0.493 e. The fraction of sp³-hybridized carbons (Fsp3) is 0.217. The molecule has 0 radical (unpaired) electrons. The van der Waals surface area contributed by atoms with Gasteiger partial charge < -0.3 is 14.4 Å². The van der Waals surface area contributed by atoms with Crippen LogP contribution in [-0.2, 0) is 4.79 Å². The molecule has 0 heterocycles. The molecule has 0 saturated carbocycles. The van der Waals surface area contributed by atoms with Gasteiger partial charge in [-0.1, -0.05) is 36.4 Å². The van der Waals surface area contributed by atoms with Gasteiger partial charge >= 0.3 is 0 Å². The van der Waals surface area contributed by atoms with E-state index < -0.39 is 0 Å². The van der Waals surface area contributed by atoms with Gasteiger partial charge in [0.05, 0.1) is 12.8 Å². The lowest BCUT2D eigenvalue weighted by molar-refractivity contribution is -0.120. The highest BCUT2D eigenvalue weighted by Gasteiger charge is 2.18. The number of hydrogen-bond acceptors (Lipinski definition) is 4.